The van der Waals surface area contributed by atoms with Crippen LogP contribution in [0.3, 0.4) is 0 Å². The summed E-state index contributed by atoms with van der Waals surface area (Å²) in [6, 6.07) is 17.6. The van der Waals surface area contributed by atoms with Gasteiger partial charge in [0.2, 0.25) is 5.13 Å². The average Bonchev–Trinajstić information content (AvgIpc) is 3.62. The molecule has 0 aliphatic carbocycles. The van der Waals surface area contributed by atoms with Crippen molar-refractivity contribution in [3.8, 4) is 22.7 Å². The molecule has 0 saturated carbocycles. The molecular formula is C26H21N5O2S2. The van der Waals surface area contributed by atoms with Crippen molar-refractivity contribution in [3.05, 3.63) is 95.5 Å². The van der Waals surface area contributed by atoms with E-state index in [1.165, 1.54) is 23.1 Å². The van der Waals surface area contributed by atoms with Gasteiger partial charge in [0.25, 0.3) is 5.91 Å². The molecule has 2 aromatic heterocycles. The van der Waals surface area contributed by atoms with Gasteiger partial charge in [0.15, 0.2) is 5.17 Å². The average molecular weight is 500 g/mol. The Morgan fingerprint density at radius 1 is 1.14 bits per heavy atom. The Kier molecular flexibility index (Phi) is 6.60. The van der Waals surface area contributed by atoms with Gasteiger partial charge in [-0.05, 0) is 54.2 Å². The Bertz CT molecular complexity index is 1410. The van der Waals surface area contributed by atoms with Crippen LogP contribution in [0.4, 0.5) is 5.13 Å². The van der Waals surface area contributed by atoms with Gasteiger partial charge in [-0.3, -0.25) is 9.69 Å². The molecule has 0 atom stereocenters. The quantitative estimate of drug-likeness (QED) is 0.238. The molecule has 35 heavy (non-hydrogen) atoms. The number of thioether (sulfide) groups is 1. The molecule has 1 saturated heterocycles. The summed E-state index contributed by atoms with van der Waals surface area (Å²) in [5, 5.41) is 7.89. The summed E-state index contributed by atoms with van der Waals surface area (Å²) in [4.78, 5) is 24.3. The zero-order chi connectivity index (χ0) is 24.2. The Morgan fingerprint density at radius 3 is 2.63 bits per heavy atom. The number of para-hydroxylation sites is 1. The van der Waals surface area contributed by atoms with E-state index in [0.29, 0.717) is 21.7 Å². The first-order chi connectivity index (χ1) is 17.2. The fourth-order valence-corrected chi connectivity index (χ4v) is 5.10. The molecule has 1 aliphatic rings. The molecule has 1 amide bonds. The zero-order valence-electron chi connectivity index (χ0n) is 18.9. The molecule has 1 aliphatic heterocycles. The van der Waals surface area contributed by atoms with Gasteiger partial charge < -0.3 is 4.74 Å². The minimum atomic E-state index is -0.127. The standard InChI is InChI=1S/C26H21N5O2S2/c1-3-14-30-24(32)22(35-26(30)28-25-27-13-15-34-25)16-19-17-31(20-7-5-4-6-8-20)29-23(19)18-9-11-21(33-2)12-10-18/h3-13,15-17H,1,14H2,2H3. The summed E-state index contributed by atoms with van der Waals surface area (Å²) in [6.45, 7) is 4.15. The number of hydrogen-bond donors (Lipinski definition) is 0. The molecule has 0 unspecified atom stereocenters. The Labute approximate surface area is 211 Å². The molecular weight excluding hydrogens is 478 g/mol. The smallest absolute Gasteiger partial charge is 0.267 e. The van der Waals surface area contributed by atoms with Gasteiger partial charge in [0, 0.05) is 35.4 Å². The highest BCUT2D eigenvalue weighted by atomic mass is 32.2. The fourth-order valence-electron chi connectivity index (χ4n) is 3.55. The second-order valence-electron chi connectivity index (χ2n) is 7.47. The third kappa shape index (κ3) is 4.82. The van der Waals surface area contributed by atoms with Crippen LogP contribution in [0, 0.1) is 0 Å². The van der Waals surface area contributed by atoms with Crippen molar-refractivity contribution in [2.45, 2.75) is 0 Å². The summed E-state index contributed by atoms with van der Waals surface area (Å²) in [5.41, 5.74) is 3.43. The molecule has 0 spiro atoms. The highest BCUT2D eigenvalue weighted by Crippen LogP contribution is 2.36. The van der Waals surface area contributed by atoms with E-state index in [9.17, 15) is 4.79 Å². The van der Waals surface area contributed by atoms with Gasteiger partial charge in [-0.2, -0.15) is 10.1 Å². The first-order valence-electron chi connectivity index (χ1n) is 10.8. The molecule has 174 valence electrons. The number of nitrogens with zero attached hydrogens (tertiary/aromatic N) is 5. The van der Waals surface area contributed by atoms with E-state index in [1.54, 1.807) is 24.3 Å². The minimum absolute atomic E-state index is 0.127. The normalized spacial score (nSPS) is 15.8. The van der Waals surface area contributed by atoms with Crippen molar-refractivity contribution < 1.29 is 9.53 Å². The second-order valence-corrected chi connectivity index (χ2v) is 9.35. The van der Waals surface area contributed by atoms with E-state index in [2.05, 4.69) is 16.6 Å². The Balaban J connectivity index is 1.58. The van der Waals surface area contributed by atoms with Crippen molar-refractivity contribution in [1.82, 2.24) is 19.7 Å². The Morgan fingerprint density at radius 2 is 1.94 bits per heavy atom. The number of amides is 1. The number of carbonyl (C=O) groups is 1. The number of ether oxygens (including phenoxy) is 1. The second kappa shape index (κ2) is 10.1. The lowest BCUT2D eigenvalue weighted by atomic mass is 10.1. The first-order valence-corrected chi connectivity index (χ1v) is 12.5. The van der Waals surface area contributed by atoms with E-state index >= 15 is 0 Å². The molecule has 0 N–H and O–H groups in total. The predicted octanol–water partition coefficient (Wildman–Crippen LogP) is 5.79. The largest absolute Gasteiger partial charge is 0.497 e. The number of aromatic nitrogens is 3. The van der Waals surface area contributed by atoms with Gasteiger partial charge in [-0.25, -0.2) is 9.67 Å². The third-order valence-electron chi connectivity index (χ3n) is 5.22. The van der Waals surface area contributed by atoms with Crippen LogP contribution in [0.5, 0.6) is 5.75 Å². The molecule has 0 radical (unpaired) electrons. The maximum Gasteiger partial charge on any atom is 0.267 e. The van der Waals surface area contributed by atoms with Gasteiger partial charge >= 0.3 is 0 Å². The number of amidine groups is 1. The van der Waals surface area contributed by atoms with Crippen LogP contribution in [0.15, 0.2) is 94.9 Å². The van der Waals surface area contributed by atoms with E-state index in [-0.39, 0.29) is 5.91 Å². The molecule has 7 nitrogen and oxygen atoms in total. The molecule has 9 heteroatoms. The van der Waals surface area contributed by atoms with Crippen LogP contribution in [0.1, 0.15) is 5.56 Å². The number of methoxy groups -OCH3 is 1. The maximum atomic E-state index is 13.3. The third-order valence-corrected chi connectivity index (χ3v) is 6.90. The number of benzene rings is 2. The van der Waals surface area contributed by atoms with Crippen molar-refractivity contribution in [2.75, 3.05) is 13.7 Å². The number of aliphatic imine (C=N–C) groups is 1. The van der Waals surface area contributed by atoms with Crippen molar-refractivity contribution in [1.29, 1.82) is 0 Å². The van der Waals surface area contributed by atoms with Crippen molar-refractivity contribution in [3.63, 3.8) is 0 Å². The Hall–Kier alpha value is -3.95. The first kappa shape index (κ1) is 22.8. The summed E-state index contributed by atoms with van der Waals surface area (Å²) < 4.78 is 7.13. The number of thiazole rings is 1. The van der Waals surface area contributed by atoms with Crippen LogP contribution >= 0.6 is 23.1 Å². The summed E-state index contributed by atoms with van der Waals surface area (Å²) >= 11 is 2.75. The van der Waals surface area contributed by atoms with Gasteiger partial charge in [0.05, 0.1) is 23.4 Å². The van der Waals surface area contributed by atoms with Gasteiger partial charge in [-0.15, -0.1) is 17.9 Å². The topological polar surface area (TPSA) is 72.6 Å². The monoisotopic (exact) mass is 499 g/mol. The van der Waals surface area contributed by atoms with E-state index in [4.69, 9.17) is 9.84 Å². The SMILES string of the molecule is C=CCN1C(=O)C(=Cc2cn(-c3ccccc3)nc2-c2ccc(OC)cc2)SC1=Nc1nccs1. The molecule has 0 bridgehead atoms. The predicted molar refractivity (Wildman–Crippen MR) is 142 cm³/mol. The zero-order valence-corrected chi connectivity index (χ0v) is 20.5. The lowest BCUT2D eigenvalue weighted by Crippen LogP contribution is -2.29. The molecule has 2 aromatic carbocycles. The van der Waals surface area contributed by atoms with Crippen LogP contribution in [-0.4, -0.2) is 44.4 Å². The van der Waals surface area contributed by atoms with Crippen molar-refractivity contribution >= 4 is 45.4 Å². The highest BCUT2D eigenvalue weighted by Gasteiger charge is 2.33. The fraction of sp³-hybridized carbons (Fsp3) is 0.0769. The summed E-state index contributed by atoms with van der Waals surface area (Å²) in [7, 11) is 1.64. The lowest BCUT2D eigenvalue weighted by Gasteiger charge is -2.11. The molecule has 5 rings (SSSR count). The van der Waals surface area contributed by atoms with Crippen LogP contribution in [-0.2, 0) is 4.79 Å². The number of hydrogen-bond acceptors (Lipinski definition) is 7. The van der Waals surface area contributed by atoms with Crippen LogP contribution in [0.2, 0.25) is 0 Å². The number of rotatable bonds is 7. The van der Waals surface area contributed by atoms with Gasteiger partial charge in [0.1, 0.15) is 5.75 Å². The van der Waals surface area contributed by atoms with E-state index in [0.717, 1.165) is 28.3 Å². The molecule has 3 heterocycles. The summed E-state index contributed by atoms with van der Waals surface area (Å²) in [6.07, 6.45) is 7.19. The molecule has 1 fully saturated rings. The van der Waals surface area contributed by atoms with Crippen molar-refractivity contribution in [2.24, 2.45) is 4.99 Å². The number of carbonyl (C=O) groups excluding carboxylic acids is 1. The van der Waals surface area contributed by atoms with E-state index < -0.39 is 0 Å². The highest BCUT2D eigenvalue weighted by molar-refractivity contribution is 8.18. The minimum Gasteiger partial charge on any atom is -0.497 e. The summed E-state index contributed by atoms with van der Waals surface area (Å²) in [5.74, 6) is 0.638. The van der Waals surface area contributed by atoms with Gasteiger partial charge in [-0.1, -0.05) is 24.3 Å². The van der Waals surface area contributed by atoms with E-state index in [1.807, 2.05) is 76.9 Å². The maximum absolute atomic E-state index is 13.3. The molecule has 4 aromatic rings. The van der Waals surface area contributed by atoms with Crippen LogP contribution in [0.25, 0.3) is 23.0 Å². The van der Waals surface area contributed by atoms with Crippen LogP contribution < -0.4 is 4.74 Å². The lowest BCUT2D eigenvalue weighted by molar-refractivity contribution is -0.121.